The fourth-order valence-corrected chi connectivity index (χ4v) is 4.71. The molecule has 5 nitrogen and oxygen atoms in total. The summed E-state index contributed by atoms with van der Waals surface area (Å²) in [5, 5.41) is 5.79. The van der Waals surface area contributed by atoms with Crippen molar-refractivity contribution in [3.05, 3.63) is 47.0 Å². The molecule has 1 aromatic heterocycles. The third kappa shape index (κ3) is 3.96. The molecule has 2 aromatic rings. The third-order valence-corrected chi connectivity index (χ3v) is 6.18. The number of benzene rings is 1. The number of carbonyl (C=O) groups is 1. The molecule has 1 amide bonds. The fraction of sp³-hybridized carbons (Fsp3) is 0.550. The van der Waals surface area contributed by atoms with Crippen molar-refractivity contribution in [1.29, 1.82) is 0 Å². The van der Waals surface area contributed by atoms with E-state index in [1.807, 2.05) is 0 Å². The predicted octanol–water partition coefficient (Wildman–Crippen LogP) is 3.74. The van der Waals surface area contributed by atoms with Gasteiger partial charge in [0.15, 0.2) is 5.69 Å². The summed E-state index contributed by atoms with van der Waals surface area (Å²) in [6, 6.07) is 11.0. The Hall–Kier alpha value is -1.79. The molecule has 2 aliphatic rings. The topological polar surface area (TPSA) is 55.3 Å². The van der Waals surface area contributed by atoms with E-state index in [2.05, 4.69) is 44.8 Å². The number of ether oxygens (including phenoxy) is 1. The van der Waals surface area contributed by atoms with Crippen LogP contribution in [0, 0.1) is 5.92 Å². The Morgan fingerprint density at radius 1 is 1.23 bits per heavy atom. The average Bonchev–Trinajstić information content (AvgIpc) is 3.40. The van der Waals surface area contributed by atoms with Gasteiger partial charge < -0.3 is 9.64 Å². The second-order valence-corrected chi connectivity index (χ2v) is 8.02. The molecule has 2 heterocycles. The second kappa shape index (κ2) is 8.27. The first-order valence-electron chi connectivity index (χ1n) is 9.52. The van der Waals surface area contributed by atoms with E-state index in [1.165, 1.54) is 23.5 Å². The summed E-state index contributed by atoms with van der Waals surface area (Å²) >= 11 is 1.24. The summed E-state index contributed by atoms with van der Waals surface area (Å²) in [7, 11) is 0. The minimum Gasteiger partial charge on any atom is -0.381 e. The molecule has 0 spiro atoms. The molecule has 6 heteroatoms. The van der Waals surface area contributed by atoms with E-state index < -0.39 is 0 Å². The molecule has 1 saturated heterocycles. The van der Waals surface area contributed by atoms with Gasteiger partial charge in [0.05, 0.1) is 6.61 Å². The molecule has 1 saturated carbocycles. The maximum atomic E-state index is 13.1. The van der Waals surface area contributed by atoms with Crippen LogP contribution in [0.1, 0.15) is 54.1 Å². The van der Waals surface area contributed by atoms with E-state index in [1.54, 1.807) is 5.38 Å². The molecular formula is C20H25N3O2S. The van der Waals surface area contributed by atoms with Gasteiger partial charge >= 0.3 is 0 Å². The van der Waals surface area contributed by atoms with Gasteiger partial charge in [-0.15, -0.1) is 5.10 Å². The molecule has 1 aliphatic heterocycles. The minimum absolute atomic E-state index is 0.0318. The fourth-order valence-electron chi connectivity index (χ4n) is 4.28. The molecule has 0 radical (unpaired) electrons. The smallest absolute Gasteiger partial charge is 0.275 e. The normalized spacial score (nSPS) is 25.9. The zero-order valence-corrected chi connectivity index (χ0v) is 15.7. The molecule has 138 valence electrons. The highest BCUT2D eigenvalue weighted by atomic mass is 32.1. The molecule has 26 heavy (non-hydrogen) atoms. The van der Waals surface area contributed by atoms with Gasteiger partial charge in [-0.25, -0.2) is 0 Å². The first kappa shape index (κ1) is 17.6. The highest BCUT2D eigenvalue weighted by Crippen LogP contribution is 2.36. The summed E-state index contributed by atoms with van der Waals surface area (Å²) in [6.07, 6.45) is 5.49. The van der Waals surface area contributed by atoms with Crippen molar-refractivity contribution >= 4 is 17.4 Å². The van der Waals surface area contributed by atoms with E-state index in [0.717, 1.165) is 45.4 Å². The zero-order valence-electron chi connectivity index (χ0n) is 14.9. The Morgan fingerprint density at radius 3 is 2.85 bits per heavy atom. The molecule has 1 aliphatic carbocycles. The summed E-state index contributed by atoms with van der Waals surface area (Å²) < 4.78 is 9.43. The first-order chi connectivity index (χ1) is 12.8. The van der Waals surface area contributed by atoms with Crippen molar-refractivity contribution in [2.75, 3.05) is 19.8 Å². The maximum absolute atomic E-state index is 13.1. The molecule has 1 aromatic carbocycles. The highest BCUT2D eigenvalue weighted by Gasteiger charge is 2.33. The van der Waals surface area contributed by atoms with Gasteiger partial charge in [-0.1, -0.05) is 41.2 Å². The van der Waals surface area contributed by atoms with E-state index >= 15 is 0 Å². The lowest BCUT2D eigenvalue weighted by Gasteiger charge is -2.38. The Balaban J connectivity index is 1.53. The number of carbonyl (C=O) groups excluding carboxylic acids is 1. The van der Waals surface area contributed by atoms with Crippen LogP contribution in [0.3, 0.4) is 0 Å². The number of hydrogen-bond donors (Lipinski definition) is 0. The van der Waals surface area contributed by atoms with Crippen LogP contribution in [-0.4, -0.2) is 46.2 Å². The van der Waals surface area contributed by atoms with Crippen molar-refractivity contribution in [3.63, 3.8) is 0 Å². The van der Waals surface area contributed by atoms with Crippen LogP contribution in [0.4, 0.5) is 0 Å². The van der Waals surface area contributed by atoms with Crippen LogP contribution in [-0.2, 0) is 4.74 Å². The molecule has 3 atom stereocenters. The summed E-state index contributed by atoms with van der Waals surface area (Å²) in [6.45, 7) is 2.33. The lowest BCUT2D eigenvalue weighted by molar-refractivity contribution is 0.0563. The van der Waals surface area contributed by atoms with Crippen LogP contribution in [0.15, 0.2) is 35.7 Å². The van der Waals surface area contributed by atoms with Crippen molar-refractivity contribution in [3.8, 4) is 0 Å². The Bertz CT molecular complexity index is 701. The Labute approximate surface area is 158 Å². The van der Waals surface area contributed by atoms with Crippen molar-refractivity contribution < 1.29 is 9.53 Å². The monoisotopic (exact) mass is 371 g/mol. The van der Waals surface area contributed by atoms with Crippen molar-refractivity contribution in [2.45, 2.75) is 44.1 Å². The number of nitrogens with zero attached hydrogens (tertiary/aromatic N) is 3. The van der Waals surface area contributed by atoms with Gasteiger partial charge in [0.2, 0.25) is 0 Å². The van der Waals surface area contributed by atoms with Crippen LogP contribution in [0.5, 0.6) is 0 Å². The van der Waals surface area contributed by atoms with Crippen LogP contribution in [0.25, 0.3) is 0 Å². The third-order valence-electron chi connectivity index (χ3n) is 5.68. The first-order valence-corrected chi connectivity index (χ1v) is 10.4. The van der Waals surface area contributed by atoms with Crippen molar-refractivity contribution in [1.82, 2.24) is 14.5 Å². The molecule has 2 fully saturated rings. The van der Waals surface area contributed by atoms with E-state index in [4.69, 9.17) is 4.74 Å². The minimum atomic E-state index is 0.0318. The number of aromatic nitrogens is 2. The Kier molecular flexibility index (Phi) is 5.60. The van der Waals surface area contributed by atoms with E-state index in [0.29, 0.717) is 17.5 Å². The molecular weight excluding hydrogens is 346 g/mol. The van der Waals surface area contributed by atoms with E-state index in [9.17, 15) is 4.79 Å². The Morgan fingerprint density at radius 2 is 2.12 bits per heavy atom. The summed E-state index contributed by atoms with van der Waals surface area (Å²) in [4.78, 5) is 15.2. The van der Waals surface area contributed by atoms with Gasteiger partial charge in [0, 0.05) is 30.5 Å². The van der Waals surface area contributed by atoms with Gasteiger partial charge in [-0.3, -0.25) is 4.79 Å². The molecule has 3 unspecified atom stereocenters. The quantitative estimate of drug-likeness (QED) is 0.803. The molecule has 4 rings (SSSR count). The lowest BCUT2D eigenvalue weighted by atomic mass is 9.80. The average molecular weight is 372 g/mol. The predicted molar refractivity (Wildman–Crippen MR) is 101 cm³/mol. The van der Waals surface area contributed by atoms with Gasteiger partial charge in [-0.2, -0.15) is 0 Å². The number of amides is 1. The molecule has 0 N–H and O–H groups in total. The van der Waals surface area contributed by atoms with Crippen LogP contribution >= 0.6 is 11.5 Å². The number of rotatable bonds is 5. The highest BCUT2D eigenvalue weighted by molar-refractivity contribution is 7.03. The SMILES string of the molecule is O=C(c1csnn1)N(CC1CCOC1)C1CCCC(c2ccccc2)C1. The lowest BCUT2D eigenvalue weighted by Crippen LogP contribution is -2.45. The van der Waals surface area contributed by atoms with E-state index in [-0.39, 0.29) is 11.9 Å². The zero-order chi connectivity index (χ0) is 17.8. The van der Waals surface area contributed by atoms with Crippen molar-refractivity contribution in [2.24, 2.45) is 5.92 Å². The standard InChI is InChI=1S/C20H25N3O2S/c24-20(19-14-26-22-21-19)23(12-15-9-10-25-13-15)18-8-4-7-17(11-18)16-5-2-1-3-6-16/h1-3,5-6,14-15,17-18H,4,7-13H2. The van der Waals surface area contributed by atoms with Gasteiger partial charge in [0.25, 0.3) is 5.91 Å². The largest absolute Gasteiger partial charge is 0.381 e. The second-order valence-electron chi connectivity index (χ2n) is 7.41. The van der Waals surface area contributed by atoms with Crippen LogP contribution in [0.2, 0.25) is 0 Å². The van der Waals surface area contributed by atoms with Gasteiger partial charge in [0.1, 0.15) is 0 Å². The van der Waals surface area contributed by atoms with Crippen LogP contribution < -0.4 is 0 Å². The summed E-state index contributed by atoms with van der Waals surface area (Å²) in [5.74, 6) is 0.991. The summed E-state index contributed by atoms with van der Waals surface area (Å²) in [5.41, 5.74) is 1.87. The maximum Gasteiger partial charge on any atom is 0.275 e. The van der Waals surface area contributed by atoms with Gasteiger partial charge in [-0.05, 0) is 48.7 Å². The molecule has 0 bridgehead atoms. The number of hydrogen-bond acceptors (Lipinski definition) is 5.